The summed E-state index contributed by atoms with van der Waals surface area (Å²) in [6.07, 6.45) is 1.63. The molecule has 2 aromatic carbocycles. The Hall–Kier alpha value is -3.21. The third-order valence-electron chi connectivity index (χ3n) is 3.36. The summed E-state index contributed by atoms with van der Waals surface area (Å²) in [5.74, 6) is -0.132. The Morgan fingerprint density at radius 1 is 1.08 bits per heavy atom. The van der Waals surface area contributed by atoms with E-state index in [0.29, 0.717) is 11.6 Å². The number of aliphatic imine (C=N–C) groups is 1. The molecule has 0 saturated heterocycles. The van der Waals surface area contributed by atoms with Crippen molar-refractivity contribution < 1.29 is 19.1 Å². The predicted molar refractivity (Wildman–Crippen MR) is 89.5 cm³/mol. The highest BCUT2D eigenvalue weighted by Gasteiger charge is 2.23. The van der Waals surface area contributed by atoms with Gasteiger partial charge in [0.1, 0.15) is 5.75 Å². The van der Waals surface area contributed by atoms with Gasteiger partial charge in [-0.25, -0.2) is 9.79 Å². The van der Waals surface area contributed by atoms with Crippen molar-refractivity contribution in [2.24, 2.45) is 4.99 Å². The smallest absolute Gasteiger partial charge is 0.363 e. The van der Waals surface area contributed by atoms with Gasteiger partial charge in [0.25, 0.3) is 0 Å². The van der Waals surface area contributed by atoms with Gasteiger partial charge in [-0.3, -0.25) is 4.79 Å². The number of cyclic esters (lactones) is 1. The molecule has 0 amide bonds. The largest absolute Gasteiger partial charge is 0.427 e. The summed E-state index contributed by atoms with van der Waals surface area (Å²) in [4.78, 5) is 27.1. The van der Waals surface area contributed by atoms with Gasteiger partial charge < -0.3 is 9.47 Å². The van der Waals surface area contributed by atoms with E-state index >= 15 is 0 Å². The highest BCUT2D eigenvalue weighted by molar-refractivity contribution is 6.12. The van der Waals surface area contributed by atoms with E-state index in [1.54, 1.807) is 30.3 Å². The molecule has 0 radical (unpaired) electrons. The van der Waals surface area contributed by atoms with Crippen LogP contribution in [0.2, 0.25) is 0 Å². The zero-order valence-electron chi connectivity index (χ0n) is 13.3. The van der Waals surface area contributed by atoms with E-state index in [1.807, 2.05) is 31.2 Å². The number of ether oxygens (including phenoxy) is 2. The fraction of sp³-hybridized carbons (Fsp3) is 0.105. The molecule has 0 fully saturated rings. The third kappa shape index (κ3) is 3.57. The second-order valence-corrected chi connectivity index (χ2v) is 5.36. The number of hydrogen-bond donors (Lipinski definition) is 0. The van der Waals surface area contributed by atoms with E-state index in [2.05, 4.69) is 4.99 Å². The van der Waals surface area contributed by atoms with Gasteiger partial charge in [-0.15, -0.1) is 0 Å². The molecular formula is C19H15NO4. The fourth-order valence-electron chi connectivity index (χ4n) is 2.18. The molecule has 120 valence electrons. The van der Waals surface area contributed by atoms with Crippen molar-refractivity contribution >= 4 is 23.9 Å². The van der Waals surface area contributed by atoms with Crippen LogP contribution in [0.1, 0.15) is 23.6 Å². The van der Waals surface area contributed by atoms with E-state index < -0.39 is 5.97 Å². The van der Waals surface area contributed by atoms with Crippen molar-refractivity contribution in [3.8, 4) is 5.75 Å². The van der Waals surface area contributed by atoms with Crippen LogP contribution in [0.4, 0.5) is 0 Å². The third-order valence-corrected chi connectivity index (χ3v) is 3.36. The second-order valence-electron chi connectivity index (χ2n) is 5.36. The standard InChI is InChI=1S/C19H15NO4/c1-12-3-7-15(8-4-12)18-20-17(19(22)24-18)11-14-5-9-16(10-6-14)23-13(2)21/h3-11H,1-2H3. The molecule has 1 heterocycles. The molecule has 0 N–H and O–H groups in total. The zero-order valence-corrected chi connectivity index (χ0v) is 13.3. The molecule has 0 spiro atoms. The number of rotatable bonds is 3. The van der Waals surface area contributed by atoms with Crippen molar-refractivity contribution in [2.75, 3.05) is 0 Å². The van der Waals surface area contributed by atoms with Crippen molar-refractivity contribution in [2.45, 2.75) is 13.8 Å². The summed E-state index contributed by atoms with van der Waals surface area (Å²) < 4.78 is 10.2. The molecule has 0 saturated carbocycles. The summed E-state index contributed by atoms with van der Waals surface area (Å²) in [5, 5.41) is 0. The number of carbonyl (C=O) groups excluding carboxylic acids is 2. The Morgan fingerprint density at radius 3 is 2.38 bits per heavy atom. The van der Waals surface area contributed by atoms with Crippen LogP contribution >= 0.6 is 0 Å². The topological polar surface area (TPSA) is 65.0 Å². The first kappa shape index (κ1) is 15.7. The molecule has 3 rings (SSSR count). The SMILES string of the molecule is CC(=O)Oc1ccc(C=C2N=C(c3ccc(C)cc3)OC2=O)cc1. The quantitative estimate of drug-likeness (QED) is 0.494. The Bertz CT molecular complexity index is 846. The van der Waals surface area contributed by atoms with Crippen LogP contribution in [0.15, 0.2) is 59.2 Å². The number of benzene rings is 2. The number of esters is 2. The summed E-state index contributed by atoms with van der Waals surface area (Å²) >= 11 is 0. The Kier molecular flexibility index (Phi) is 4.24. The number of nitrogens with zero attached hydrogens (tertiary/aromatic N) is 1. The maximum atomic E-state index is 12.0. The average molecular weight is 321 g/mol. The van der Waals surface area contributed by atoms with E-state index in [-0.39, 0.29) is 11.7 Å². The van der Waals surface area contributed by atoms with Gasteiger partial charge in [-0.05, 0) is 42.8 Å². The van der Waals surface area contributed by atoms with Crippen LogP contribution in [0.3, 0.4) is 0 Å². The van der Waals surface area contributed by atoms with Crippen LogP contribution in [-0.4, -0.2) is 17.8 Å². The predicted octanol–water partition coefficient (Wildman–Crippen LogP) is 3.26. The van der Waals surface area contributed by atoms with Crippen molar-refractivity contribution in [1.29, 1.82) is 0 Å². The first-order valence-corrected chi connectivity index (χ1v) is 7.39. The lowest BCUT2D eigenvalue weighted by Crippen LogP contribution is -2.05. The van der Waals surface area contributed by atoms with E-state index in [0.717, 1.165) is 16.7 Å². The van der Waals surface area contributed by atoms with Crippen molar-refractivity contribution in [3.63, 3.8) is 0 Å². The van der Waals surface area contributed by atoms with Crippen LogP contribution in [0.5, 0.6) is 5.75 Å². The summed E-state index contributed by atoms with van der Waals surface area (Å²) in [6.45, 7) is 3.32. The number of hydrogen-bond acceptors (Lipinski definition) is 5. The summed E-state index contributed by atoms with van der Waals surface area (Å²) in [6, 6.07) is 14.4. The van der Waals surface area contributed by atoms with Gasteiger partial charge in [-0.1, -0.05) is 29.8 Å². The monoisotopic (exact) mass is 321 g/mol. The second kappa shape index (κ2) is 6.50. The molecule has 0 aliphatic carbocycles. The highest BCUT2D eigenvalue weighted by atomic mass is 16.6. The van der Waals surface area contributed by atoms with Crippen LogP contribution < -0.4 is 4.74 Å². The van der Waals surface area contributed by atoms with Crippen LogP contribution in [0, 0.1) is 6.92 Å². The minimum atomic E-state index is -0.491. The molecule has 2 aromatic rings. The molecular weight excluding hydrogens is 306 g/mol. The molecule has 0 atom stereocenters. The van der Waals surface area contributed by atoms with Crippen LogP contribution in [0.25, 0.3) is 6.08 Å². The maximum Gasteiger partial charge on any atom is 0.363 e. The molecule has 5 heteroatoms. The lowest BCUT2D eigenvalue weighted by molar-refractivity contribution is -0.132. The van der Waals surface area contributed by atoms with Gasteiger partial charge >= 0.3 is 11.9 Å². The van der Waals surface area contributed by atoms with Gasteiger partial charge in [0, 0.05) is 12.5 Å². The van der Waals surface area contributed by atoms with E-state index in [9.17, 15) is 9.59 Å². The molecule has 1 aliphatic rings. The number of aryl methyl sites for hydroxylation is 1. The minimum Gasteiger partial charge on any atom is -0.427 e. The van der Waals surface area contributed by atoms with E-state index in [4.69, 9.17) is 9.47 Å². The Labute approximate surface area is 139 Å². The summed E-state index contributed by atoms with van der Waals surface area (Å²) in [7, 11) is 0. The van der Waals surface area contributed by atoms with Gasteiger partial charge in [0.2, 0.25) is 5.90 Å². The summed E-state index contributed by atoms with van der Waals surface area (Å²) in [5.41, 5.74) is 2.85. The molecule has 0 aromatic heterocycles. The fourth-order valence-corrected chi connectivity index (χ4v) is 2.18. The molecule has 1 aliphatic heterocycles. The first-order chi connectivity index (χ1) is 11.5. The van der Waals surface area contributed by atoms with E-state index in [1.165, 1.54) is 6.92 Å². The van der Waals surface area contributed by atoms with Gasteiger partial charge in [0.05, 0.1) is 0 Å². The Morgan fingerprint density at radius 2 is 1.75 bits per heavy atom. The van der Waals surface area contributed by atoms with Crippen molar-refractivity contribution in [3.05, 3.63) is 70.9 Å². The molecule has 0 bridgehead atoms. The molecule has 0 unspecified atom stereocenters. The molecule has 5 nitrogen and oxygen atoms in total. The normalized spacial score (nSPS) is 15.2. The van der Waals surface area contributed by atoms with Gasteiger partial charge in [0.15, 0.2) is 5.70 Å². The van der Waals surface area contributed by atoms with Gasteiger partial charge in [-0.2, -0.15) is 0 Å². The average Bonchev–Trinajstić information content (AvgIpc) is 2.90. The Balaban J connectivity index is 1.83. The van der Waals surface area contributed by atoms with Crippen LogP contribution in [-0.2, 0) is 14.3 Å². The minimum absolute atomic E-state index is 0.228. The zero-order chi connectivity index (χ0) is 17.1. The molecule has 24 heavy (non-hydrogen) atoms. The maximum absolute atomic E-state index is 12.0. The first-order valence-electron chi connectivity index (χ1n) is 7.39. The lowest BCUT2D eigenvalue weighted by Gasteiger charge is -2.00. The lowest BCUT2D eigenvalue weighted by atomic mass is 10.1. The highest BCUT2D eigenvalue weighted by Crippen LogP contribution is 2.20. The van der Waals surface area contributed by atoms with Crippen molar-refractivity contribution in [1.82, 2.24) is 0 Å². The number of carbonyl (C=O) groups is 2.